The maximum atomic E-state index is 6.94. The summed E-state index contributed by atoms with van der Waals surface area (Å²) >= 11 is 0. The van der Waals surface area contributed by atoms with Crippen molar-refractivity contribution in [1.29, 1.82) is 5.41 Å². The molecule has 0 saturated carbocycles. The summed E-state index contributed by atoms with van der Waals surface area (Å²) < 4.78 is 0. The van der Waals surface area contributed by atoms with Crippen LogP contribution in [0, 0.1) is 5.41 Å². The van der Waals surface area contributed by atoms with Gasteiger partial charge >= 0.3 is 0 Å². The molecular weight excluding hydrogens is 136 g/mol. The van der Waals surface area contributed by atoms with E-state index in [4.69, 9.17) is 5.41 Å². The lowest BCUT2D eigenvalue weighted by molar-refractivity contribution is 0.805. The van der Waals surface area contributed by atoms with Crippen LogP contribution in [0.25, 0.3) is 0 Å². The van der Waals surface area contributed by atoms with Crippen LogP contribution in [0.1, 0.15) is 24.8 Å². The van der Waals surface area contributed by atoms with E-state index >= 15 is 0 Å². The van der Waals surface area contributed by atoms with Crippen LogP contribution >= 0.6 is 0 Å². The van der Waals surface area contributed by atoms with Crippen LogP contribution in [0.3, 0.4) is 0 Å². The molecule has 0 radical (unpaired) electrons. The van der Waals surface area contributed by atoms with Gasteiger partial charge in [-0.25, -0.2) is 0 Å². The van der Waals surface area contributed by atoms with E-state index in [9.17, 15) is 0 Å². The number of nitrogens with zero attached hydrogens (tertiary/aromatic N) is 1. The van der Waals surface area contributed by atoms with Gasteiger partial charge in [0.2, 0.25) is 0 Å². The zero-order valence-electron chi connectivity index (χ0n) is 6.62. The van der Waals surface area contributed by atoms with E-state index in [0.717, 1.165) is 6.42 Å². The van der Waals surface area contributed by atoms with Crippen molar-refractivity contribution in [2.45, 2.75) is 19.3 Å². The third-order valence-electron chi connectivity index (χ3n) is 1.72. The molecule has 1 N–H and O–H groups in total. The summed E-state index contributed by atoms with van der Waals surface area (Å²) in [5, 5.41) is 6.94. The molecule has 1 rings (SSSR count). The molecule has 2 nitrogen and oxygen atoms in total. The SMILES string of the molecule is CC(CC=N)c1cccnc1. The van der Waals surface area contributed by atoms with Crippen molar-refractivity contribution in [2.24, 2.45) is 0 Å². The van der Waals surface area contributed by atoms with Gasteiger partial charge in [0.1, 0.15) is 0 Å². The molecule has 11 heavy (non-hydrogen) atoms. The Balaban J connectivity index is 2.68. The summed E-state index contributed by atoms with van der Waals surface area (Å²) in [6, 6.07) is 3.97. The van der Waals surface area contributed by atoms with E-state index in [-0.39, 0.29) is 0 Å². The van der Waals surface area contributed by atoms with Crippen molar-refractivity contribution in [3.63, 3.8) is 0 Å². The fourth-order valence-corrected chi connectivity index (χ4v) is 0.980. The average Bonchev–Trinajstić information content (AvgIpc) is 2.07. The third-order valence-corrected chi connectivity index (χ3v) is 1.72. The van der Waals surface area contributed by atoms with E-state index in [0.29, 0.717) is 5.92 Å². The van der Waals surface area contributed by atoms with Crippen LogP contribution in [-0.4, -0.2) is 11.2 Å². The van der Waals surface area contributed by atoms with Gasteiger partial charge in [-0.3, -0.25) is 4.98 Å². The molecular formula is C9H12N2. The topological polar surface area (TPSA) is 36.7 Å². The number of hydrogen-bond donors (Lipinski definition) is 1. The predicted molar refractivity (Wildman–Crippen MR) is 46.1 cm³/mol. The summed E-state index contributed by atoms with van der Waals surface area (Å²) in [5.41, 5.74) is 1.20. The monoisotopic (exact) mass is 148 g/mol. The Morgan fingerprint density at radius 3 is 3.09 bits per heavy atom. The first-order valence-electron chi connectivity index (χ1n) is 3.73. The summed E-state index contributed by atoms with van der Waals surface area (Å²) in [4.78, 5) is 4.01. The lowest BCUT2D eigenvalue weighted by Gasteiger charge is -2.06. The second kappa shape index (κ2) is 3.86. The average molecular weight is 148 g/mol. The van der Waals surface area contributed by atoms with Crippen molar-refractivity contribution >= 4 is 6.21 Å². The molecule has 0 fully saturated rings. The third kappa shape index (κ3) is 2.15. The first-order valence-corrected chi connectivity index (χ1v) is 3.73. The molecule has 1 aromatic heterocycles. The highest BCUT2D eigenvalue weighted by Crippen LogP contribution is 2.15. The molecule has 0 amide bonds. The van der Waals surface area contributed by atoms with Gasteiger partial charge in [0.05, 0.1) is 0 Å². The Hall–Kier alpha value is -1.18. The lowest BCUT2D eigenvalue weighted by atomic mass is 10.0. The fraction of sp³-hybridized carbons (Fsp3) is 0.333. The zero-order valence-corrected chi connectivity index (χ0v) is 6.62. The largest absolute Gasteiger partial charge is 0.313 e. The number of aromatic nitrogens is 1. The zero-order chi connectivity index (χ0) is 8.10. The highest BCUT2D eigenvalue weighted by molar-refractivity contribution is 5.54. The molecule has 1 unspecified atom stereocenters. The molecule has 0 aliphatic heterocycles. The van der Waals surface area contributed by atoms with Crippen LogP contribution in [0.2, 0.25) is 0 Å². The minimum absolute atomic E-state index is 0.418. The van der Waals surface area contributed by atoms with Crippen LogP contribution < -0.4 is 0 Å². The smallest absolute Gasteiger partial charge is 0.0302 e. The maximum Gasteiger partial charge on any atom is 0.0302 e. The second-order valence-corrected chi connectivity index (χ2v) is 2.63. The molecule has 0 aliphatic rings. The van der Waals surface area contributed by atoms with Gasteiger partial charge in [-0.05, 0) is 30.2 Å². The Morgan fingerprint density at radius 1 is 1.73 bits per heavy atom. The maximum absolute atomic E-state index is 6.94. The van der Waals surface area contributed by atoms with Crippen LogP contribution in [0.15, 0.2) is 24.5 Å². The highest BCUT2D eigenvalue weighted by Gasteiger charge is 2.01. The van der Waals surface area contributed by atoms with Crippen molar-refractivity contribution in [2.75, 3.05) is 0 Å². The Labute approximate surface area is 66.8 Å². The van der Waals surface area contributed by atoms with Gasteiger partial charge in [-0.15, -0.1) is 0 Å². The quantitative estimate of drug-likeness (QED) is 0.655. The normalized spacial score (nSPS) is 12.5. The van der Waals surface area contributed by atoms with E-state index in [1.165, 1.54) is 11.8 Å². The van der Waals surface area contributed by atoms with E-state index < -0.39 is 0 Å². The van der Waals surface area contributed by atoms with Gasteiger partial charge in [-0.1, -0.05) is 13.0 Å². The standard InChI is InChI=1S/C9H12N2/c1-8(4-5-10)9-3-2-6-11-7-9/h2-3,5-8,10H,4H2,1H3. The van der Waals surface area contributed by atoms with Crippen molar-refractivity contribution in [3.05, 3.63) is 30.1 Å². The Bertz CT molecular complexity index is 218. The number of pyridine rings is 1. The molecule has 1 aromatic rings. The van der Waals surface area contributed by atoms with E-state index in [2.05, 4.69) is 11.9 Å². The number of hydrogen-bond acceptors (Lipinski definition) is 2. The molecule has 0 spiro atoms. The lowest BCUT2D eigenvalue weighted by Crippen LogP contribution is -1.93. The number of nitrogens with one attached hydrogen (secondary N) is 1. The van der Waals surface area contributed by atoms with E-state index in [1.807, 2.05) is 18.3 Å². The summed E-state index contributed by atoms with van der Waals surface area (Å²) in [5.74, 6) is 0.418. The molecule has 1 heterocycles. The fourth-order valence-electron chi connectivity index (χ4n) is 0.980. The first-order chi connectivity index (χ1) is 5.34. The van der Waals surface area contributed by atoms with Crippen LogP contribution in [0.5, 0.6) is 0 Å². The van der Waals surface area contributed by atoms with Gasteiger partial charge < -0.3 is 5.41 Å². The van der Waals surface area contributed by atoms with Crippen LogP contribution in [-0.2, 0) is 0 Å². The molecule has 1 atom stereocenters. The van der Waals surface area contributed by atoms with E-state index in [1.54, 1.807) is 6.20 Å². The summed E-state index contributed by atoms with van der Waals surface area (Å²) in [7, 11) is 0. The molecule has 0 aromatic carbocycles. The molecule has 0 bridgehead atoms. The Kier molecular flexibility index (Phi) is 2.78. The molecule has 58 valence electrons. The molecule has 0 saturated heterocycles. The van der Waals surface area contributed by atoms with Gasteiger partial charge in [-0.2, -0.15) is 0 Å². The van der Waals surface area contributed by atoms with Crippen molar-refractivity contribution in [1.82, 2.24) is 4.98 Å². The Morgan fingerprint density at radius 2 is 2.55 bits per heavy atom. The highest BCUT2D eigenvalue weighted by atomic mass is 14.6. The van der Waals surface area contributed by atoms with Crippen molar-refractivity contribution in [3.8, 4) is 0 Å². The van der Waals surface area contributed by atoms with Gasteiger partial charge in [0.25, 0.3) is 0 Å². The molecule has 0 aliphatic carbocycles. The second-order valence-electron chi connectivity index (χ2n) is 2.63. The van der Waals surface area contributed by atoms with Crippen LogP contribution in [0.4, 0.5) is 0 Å². The molecule has 2 heteroatoms. The van der Waals surface area contributed by atoms with Gasteiger partial charge in [0, 0.05) is 12.4 Å². The summed E-state index contributed by atoms with van der Waals surface area (Å²) in [6.45, 7) is 2.10. The minimum Gasteiger partial charge on any atom is -0.313 e. The summed E-state index contributed by atoms with van der Waals surface area (Å²) in [6.07, 6.45) is 5.86. The minimum atomic E-state index is 0.418. The first kappa shape index (κ1) is 7.92. The van der Waals surface area contributed by atoms with Gasteiger partial charge in [0.15, 0.2) is 0 Å². The van der Waals surface area contributed by atoms with Crippen molar-refractivity contribution < 1.29 is 0 Å². The predicted octanol–water partition coefficient (Wildman–Crippen LogP) is 2.22. The number of rotatable bonds is 3.